The van der Waals surface area contributed by atoms with Gasteiger partial charge in [0.15, 0.2) is 0 Å². The van der Waals surface area contributed by atoms with Gasteiger partial charge in [-0.25, -0.2) is 0 Å². The minimum Gasteiger partial charge on any atom is -0.346 e. The van der Waals surface area contributed by atoms with Gasteiger partial charge in [-0.05, 0) is 37.4 Å². The molecule has 8 heteroatoms. The first-order valence-corrected chi connectivity index (χ1v) is 9.35. The van der Waals surface area contributed by atoms with Gasteiger partial charge in [0.1, 0.15) is 6.54 Å². The van der Waals surface area contributed by atoms with Crippen LogP contribution in [0.5, 0.6) is 0 Å². The van der Waals surface area contributed by atoms with Crippen molar-refractivity contribution in [1.29, 1.82) is 0 Å². The molecule has 1 fully saturated rings. The second kappa shape index (κ2) is 8.00. The fraction of sp³-hybridized carbons (Fsp3) is 0.421. The Morgan fingerprint density at radius 1 is 1.07 bits per heavy atom. The molecule has 1 saturated heterocycles. The lowest BCUT2D eigenvalue weighted by Crippen LogP contribution is -2.54. The van der Waals surface area contributed by atoms with E-state index >= 15 is 0 Å². The Labute approximate surface area is 162 Å². The number of nitrogens with zero attached hydrogens (tertiary/aromatic N) is 3. The maximum Gasteiger partial charge on any atom is 0.312 e. The molecule has 1 aromatic heterocycles. The van der Waals surface area contributed by atoms with Crippen molar-refractivity contribution < 1.29 is 14.4 Å². The largest absolute Gasteiger partial charge is 0.346 e. The van der Waals surface area contributed by atoms with Crippen LogP contribution >= 0.6 is 11.6 Å². The molecule has 0 spiro atoms. The maximum absolute atomic E-state index is 12.6. The first-order valence-electron chi connectivity index (χ1n) is 8.97. The molecule has 1 N–H and O–H groups in total. The summed E-state index contributed by atoms with van der Waals surface area (Å²) in [5.41, 5.74) is 0.912. The number of fused-ring (bicyclic) bond motifs is 1. The predicted octanol–water partition coefficient (Wildman–Crippen LogP) is 1.49. The van der Waals surface area contributed by atoms with Crippen molar-refractivity contribution in [3.05, 3.63) is 35.5 Å². The highest BCUT2D eigenvalue weighted by atomic mass is 35.5. The summed E-state index contributed by atoms with van der Waals surface area (Å²) in [5, 5.41) is 4.25. The first-order chi connectivity index (χ1) is 12.8. The molecular formula is C19H23ClN4O3. The van der Waals surface area contributed by atoms with E-state index in [2.05, 4.69) is 5.32 Å². The highest BCUT2D eigenvalue weighted by molar-refractivity contribution is 6.35. The van der Waals surface area contributed by atoms with Crippen LogP contribution in [0.25, 0.3) is 10.9 Å². The number of hydrogen-bond donors (Lipinski definition) is 1. The maximum atomic E-state index is 12.6. The van der Waals surface area contributed by atoms with Crippen LogP contribution < -0.4 is 5.32 Å². The highest BCUT2D eigenvalue weighted by Gasteiger charge is 2.28. The van der Waals surface area contributed by atoms with E-state index in [1.54, 1.807) is 18.7 Å². The lowest BCUT2D eigenvalue weighted by molar-refractivity contribution is -0.148. The van der Waals surface area contributed by atoms with Crippen molar-refractivity contribution in [2.75, 3.05) is 26.2 Å². The Hall–Kier alpha value is -2.54. The molecule has 7 nitrogen and oxygen atoms in total. The molecule has 0 unspecified atom stereocenters. The van der Waals surface area contributed by atoms with E-state index in [-0.39, 0.29) is 18.5 Å². The van der Waals surface area contributed by atoms with Crippen molar-refractivity contribution in [2.24, 2.45) is 0 Å². The second-order valence-electron chi connectivity index (χ2n) is 6.95. The number of carbonyl (C=O) groups is 3. The van der Waals surface area contributed by atoms with Gasteiger partial charge >= 0.3 is 11.8 Å². The van der Waals surface area contributed by atoms with Crippen molar-refractivity contribution in [2.45, 2.75) is 26.4 Å². The van der Waals surface area contributed by atoms with E-state index in [1.165, 1.54) is 4.90 Å². The van der Waals surface area contributed by atoms with Gasteiger partial charge < -0.3 is 19.7 Å². The van der Waals surface area contributed by atoms with Crippen LogP contribution in [0.2, 0.25) is 5.02 Å². The average molecular weight is 391 g/mol. The molecule has 27 heavy (non-hydrogen) atoms. The zero-order valence-electron chi connectivity index (χ0n) is 15.4. The van der Waals surface area contributed by atoms with Crippen LogP contribution in [-0.4, -0.2) is 64.3 Å². The Morgan fingerprint density at radius 3 is 2.41 bits per heavy atom. The van der Waals surface area contributed by atoms with Crippen LogP contribution in [-0.2, 0) is 20.9 Å². The molecule has 0 atom stereocenters. The van der Waals surface area contributed by atoms with Crippen LogP contribution in [0.4, 0.5) is 0 Å². The molecule has 1 aromatic carbocycles. The summed E-state index contributed by atoms with van der Waals surface area (Å²) in [6.07, 6.45) is 1.87. The van der Waals surface area contributed by atoms with E-state index in [1.807, 2.05) is 35.0 Å². The Balaban J connectivity index is 1.57. The zero-order valence-corrected chi connectivity index (χ0v) is 16.2. The molecule has 2 aromatic rings. The molecule has 3 amide bonds. The van der Waals surface area contributed by atoms with E-state index in [4.69, 9.17) is 11.6 Å². The number of rotatable bonds is 3. The fourth-order valence-electron chi connectivity index (χ4n) is 3.17. The van der Waals surface area contributed by atoms with E-state index in [0.717, 1.165) is 10.9 Å². The van der Waals surface area contributed by atoms with Crippen molar-refractivity contribution in [3.8, 4) is 0 Å². The Morgan fingerprint density at radius 2 is 1.74 bits per heavy atom. The van der Waals surface area contributed by atoms with E-state index < -0.39 is 11.8 Å². The summed E-state index contributed by atoms with van der Waals surface area (Å²) in [7, 11) is 0. The SMILES string of the molecule is CC(C)NC(=O)C(=O)N1CCN(C(=O)Cn2ccc3ccc(Cl)cc32)CC1. The standard InChI is InChI=1S/C19H23ClN4O3/c1-13(2)21-18(26)19(27)23-9-7-22(8-10-23)17(25)12-24-6-5-14-3-4-15(20)11-16(14)24/h3-6,11,13H,7-10,12H2,1-2H3,(H,21,26). The summed E-state index contributed by atoms with van der Waals surface area (Å²) >= 11 is 6.06. The molecule has 0 saturated carbocycles. The Bertz CT molecular complexity index is 869. The number of aromatic nitrogens is 1. The third-order valence-corrected chi connectivity index (χ3v) is 4.81. The minimum absolute atomic E-state index is 0.0220. The lowest BCUT2D eigenvalue weighted by atomic mass is 10.2. The third-order valence-electron chi connectivity index (χ3n) is 4.58. The molecule has 1 aliphatic rings. The van der Waals surface area contributed by atoms with Gasteiger partial charge in [0.2, 0.25) is 5.91 Å². The molecule has 3 rings (SSSR count). The van der Waals surface area contributed by atoms with Crippen LogP contribution in [0.3, 0.4) is 0 Å². The van der Waals surface area contributed by atoms with Gasteiger partial charge in [0.05, 0.1) is 0 Å². The van der Waals surface area contributed by atoms with Gasteiger partial charge in [0.25, 0.3) is 0 Å². The van der Waals surface area contributed by atoms with Crippen molar-refractivity contribution >= 4 is 40.2 Å². The van der Waals surface area contributed by atoms with Crippen LogP contribution in [0, 0.1) is 0 Å². The molecular weight excluding hydrogens is 368 g/mol. The molecule has 1 aliphatic heterocycles. The molecule has 144 valence electrons. The fourth-order valence-corrected chi connectivity index (χ4v) is 3.33. The summed E-state index contributed by atoms with van der Waals surface area (Å²) in [6, 6.07) is 7.44. The summed E-state index contributed by atoms with van der Waals surface area (Å²) in [4.78, 5) is 39.8. The van der Waals surface area contributed by atoms with Crippen LogP contribution in [0.15, 0.2) is 30.5 Å². The van der Waals surface area contributed by atoms with Gasteiger partial charge in [-0.1, -0.05) is 17.7 Å². The van der Waals surface area contributed by atoms with Gasteiger partial charge in [-0.15, -0.1) is 0 Å². The van der Waals surface area contributed by atoms with Gasteiger partial charge in [0, 0.05) is 49.0 Å². The molecule has 0 bridgehead atoms. The topological polar surface area (TPSA) is 74.7 Å². The predicted molar refractivity (Wildman–Crippen MR) is 103 cm³/mol. The van der Waals surface area contributed by atoms with Gasteiger partial charge in [-0.2, -0.15) is 0 Å². The molecule has 2 heterocycles. The van der Waals surface area contributed by atoms with E-state index in [9.17, 15) is 14.4 Å². The van der Waals surface area contributed by atoms with Crippen LogP contribution in [0.1, 0.15) is 13.8 Å². The molecule has 0 aliphatic carbocycles. The number of halogens is 1. The number of benzene rings is 1. The zero-order chi connectivity index (χ0) is 19.6. The number of nitrogens with one attached hydrogen (secondary N) is 1. The summed E-state index contributed by atoms with van der Waals surface area (Å²) < 4.78 is 1.87. The third kappa shape index (κ3) is 4.42. The first kappa shape index (κ1) is 19.2. The number of piperazine rings is 1. The quantitative estimate of drug-likeness (QED) is 0.807. The average Bonchev–Trinajstić information content (AvgIpc) is 3.02. The second-order valence-corrected chi connectivity index (χ2v) is 7.38. The molecule has 0 radical (unpaired) electrons. The van der Waals surface area contributed by atoms with E-state index in [0.29, 0.717) is 31.2 Å². The summed E-state index contributed by atoms with van der Waals surface area (Å²) in [5.74, 6) is -1.16. The lowest BCUT2D eigenvalue weighted by Gasteiger charge is -2.34. The number of carbonyl (C=O) groups excluding carboxylic acids is 3. The van der Waals surface area contributed by atoms with Gasteiger partial charge in [-0.3, -0.25) is 14.4 Å². The minimum atomic E-state index is -0.597. The summed E-state index contributed by atoms with van der Waals surface area (Å²) in [6.45, 7) is 5.37. The Kier molecular flexibility index (Phi) is 5.70. The van der Waals surface area contributed by atoms with Crippen molar-refractivity contribution in [1.82, 2.24) is 19.7 Å². The normalized spacial score (nSPS) is 14.7. The van der Waals surface area contributed by atoms with Crippen molar-refractivity contribution in [3.63, 3.8) is 0 Å². The number of amides is 3. The number of hydrogen-bond acceptors (Lipinski definition) is 3. The highest BCUT2D eigenvalue weighted by Crippen LogP contribution is 2.20. The smallest absolute Gasteiger partial charge is 0.312 e. The monoisotopic (exact) mass is 390 g/mol.